The Labute approximate surface area is 178 Å². The molecule has 0 heterocycles. The highest BCUT2D eigenvalue weighted by atomic mass is 35.5. The summed E-state index contributed by atoms with van der Waals surface area (Å²) in [5, 5.41) is 0.317. The van der Waals surface area contributed by atoms with Gasteiger partial charge in [-0.15, -0.1) is 0 Å². The van der Waals surface area contributed by atoms with Gasteiger partial charge in [-0.2, -0.15) is 0 Å². The Hall–Kier alpha value is -3.51. The first kappa shape index (κ1) is 21.2. The van der Waals surface area contributed by atoms with Crippen molar-refractivity contribution in [2.75, 3.05) is 20.3 Å². The van der Waals surface area contributed by atoms with Gasteiger partial charge < -0.3 is 18.9 Å². The van der Waals surface area contributed by atoms with E-state index >= 15 is 0 Å². The molecular formula is C23H19ClO6. The normalized spacial score (nSPS) is 10.2. The summed E-state index contributed by atoms with van der Waals surface area (Å²) in [7, 11) is 1.23. The molecule has 0 aliphatic rings. The van der Waals surface area contributed by atoms with Crippen molar-refractivity contribution in [3.63, 3.8) is 0 Å². The van der Waals surface area contributed by atoms with Crippen LogP contribution in [0.3, 0.4) is 0 Å². The van der Waals surface area contributed by atoms with Crippen LogP contribution in [0.5, 0.6) is 17.2 Å². The lowest BCUT2D eigenvalue weighted by Crippen LogP contribution is -2.15. The lowest BCUT2D eigenvalue weighted by Gasteiger charge is -2.13. The second kappa shape index (κ2) is 10.3. The van der Waals surface area contributed by atoms with E-state index in [4.69, 9.17) is 30.5 Å². The lowest BCUT2D eigenvalue weighted by atomic mass is 10.2. The van der Waals surface area contributed by atoms with E-state index in [-0.39, 0.29) is 23.5 Å². The summed E-state index contributed by atoms with van der Waals surface area (Å²) in [5.74, 6) is -0.233. The van der Waals surface area contributed by atoms with Crippen LogP contribution in [0, 0.1) is 0 Å². The van der Waals surface area contributed by atoms with E-state index in [1.165, 1.54) is 25.3 Å². The number of methoxy groups -OCH3 is 1. The minimum Gasteiger partial charge on any atom is -0.490 e. The maximum absolute atomic E-state index is 12.7. The van der Waals surface area contributed by atoms with E-state index in [2.05, 4.69) is 0 Å². The Balaban J connectivity index is 1.68. The predicted octanol–water partition coefficient (Wildman–Crippen LogP) is 4.80. The molecule has 0 bridgehead atoms. The van der Waals surface area contributed by atoms with Crippen molar-refractivity contribution in [3.05, 3.63) is 88.9 Å². The number of hydrogen-bond acceptors (Lipinski definition) is 6. The van der Waals surface area contributed by atoms with Crippen molar-refractivity contribution in [3.8, 4) is 17.2 Å². The number of benzene rings is 3. The molecule has 0 aliphatic heterocycles. The Kier molecular flexibility index (Phi) is 7.29. The van der Waals surface area contributed by atoms with Gasteiger partial charge in [-0.3, -0.25) is 0 Å². The minimum atomic E-state index is -0.679. The summed E-state index contributed by atoms with van der Waals surface area (Å²) in [4.78, 5) is 24.7. The van der Waals surface area contributed by atoms with E-state index in [1.807, 2.05) is 30.3 Å². The highest BCUT2D eigenvalue weighted by Crippen LogP contribution is 2.26. The van der Waals surface area contributed by atoms with E-state index in [1.54, 1.807) is 24.3 Å². The fourth-order valence-electron chi connectivity index (χ4n) is 2.60. The first-order valence-corrected chi connectivity index (χ1v) is 9.46. The zero-order valence-electron chi connectivity index (χ0n) is 16.2. The first-order chi connectivity index (χ1) is 14.6. The third-order valence-corrected chi connectivity index (χ3v) is 4.24. The van der Waals surface area contributed by atoms with Crippen molar-refractivity contribution in [2.24, 2.45) is 0 Å². The Morgan fingerprint density at radius 1 is 0.767 bits per heavy atom. The van der Waals surface area contributed by atoms with Crippen LogP contribution in [0.2, 0.25) is 5.02 Å². The maximum Gasteiger partial charge on any atom is 0.347 e. The van der Waals surface area contributed by atoms with Gasteiger partial charge >= 0.3 is 11.9 Å². The third kappa shape index (κ3) is 5.52. The van der Waals surface area contributed by atoms with Gasteiger partial charge in [0.1, 0.15) is 41.6 Å². The number of para-hydroxylation sites is 2. The van der Waals surface area contributed by atoms with Gasteiger partial charge in [-0.25, -0.2) is 9.59 Å². The van der Waals surface area contributed by atoms with Gasteiger partial charge in [0.05, 0.1) is 7.11 Å². The molecular weight excluding hydrogens is 408 g/mol. The molecule has 0 amide bonds. The number of carbonyl (C=O) groups excluding carboxylic acids is 2. The minimum absolute atomic E-state index is 0.0402. The predicted molar refractivity (Wildman–Crippen MR) is 112 cm³/mol. The molecule has 0 saturated carbocycles. The number of halogens is 1. The van der Waals surface area contributed by atoms with Crippen LogP contribution >= 0.6 is 11.6 Å². The standard InChI is InChI=1S/C23H19ClO6/c1-27-22(25)19-15-16(24)11-12-21(19)30-23(26)18-9-5-6-10-20(18)29-14-13-28-17-7-3-2-4-8-17/h2-12,15H,13-14H2,1H3. The molecule has 0 atom stereocenters. The molecule has 3 aromatic rings. The fraction of sp³-hybridized carbons (Fsp3) is 0.130. The van der Waals surface area contributed by atoms with Crippen LogP contribution in [0.15, 0.2) is 72.8 Å². The van der Waals surface area contributed by atoms with Crippen molar-refractivity contribution in [1.82, 2.24) is 0 Å². The summed E-state index contributed by atoms with van der Waals surface area (Å²) in [6.45, 7) is 0.532. The largest absolute Gasteiger partial charge is 0.490 e. The molecule has 0 N–H and O–H groups in total. The molecule has 154 valence electrons. The van der Waals surface area contributed by atoms with E-state index < -0.39 is 11.9 Å². The van der Waals surface area contributed by atoms with Crippen molar-refractivity contribution in [2.45, 2.75) is 0 Å². The van der Waals surface area contributed by atoms with Crippen LogP contribution in [-0.4, -0.2) is 32.3 Å². The summed E-state index contributed by atoms with van der Waals surface area (Å²) in [5.41, 5.74) is 0.260. The van der Waals surface area contributed by atoms with Gasteiger partial charge in [0.15, 0.2) is 0 Å². The van der Waals surface area contributed by atoms with E-state index in [0.717, 1.165) is 5.75 Å². The maximum atomic E-state index is 12.7. The molecule has 0 aromatic heterocycles. The van der Waals surface area contributed by atoms with Gasteiger partial charge in [-0.05, 0) is 42.5 Å². The average Bonchev–Trinajstić information content (AvgIpc) is 2.78. The Morgan fingerprint density at radius 2 is 1.47 bits per heavy atom. The Morgan fingerprint density at radius 3 is 2.23 bits per heavy atom. The number of esters is 2. The highest BCUT2D eigenvalue weighted by Gasteiger charge is 2.20. The smallest absolute Gasteiger partial charge is 0.347 e. The highest BCUT2D eigenvalue weighted by molar-refractivity contribution is 6.31. The topological polar surface area (TPSA) is 71.1 Å². The molecule has 0 radical (unpaired) electrons. The van der Waals surface area contributed by atoms with Gasteiger partial charge in [-0.1, -0.05) is 41.9 Å². The molecule has 3 aromatic carbocycles. The number of ether oxygens (including phenoxy) is 4. The van der Waals surface area contributed by atoms with Crippen LogP contribution < -0.4 is 14.2 Å². The number of rotatable bonds is 8. The van der Waals surface area contributed by atoms with Crippen LogP contribution in [-0.2, 0) is 4.74 Å². The third-order valence-electron chi connectivity index (χ3n) is 4.01. The number of carbonyl (C=O) groups is 2. The summed E-state index contributed by atoms with van der Waals surface area (Å²) in [6.07, 6.45) is 0. The van der Waals surface area contributed by atoms with Crippen molar-refractivity contribution >= 4 is 23.5 Å². The molecule has 0 fully saturated rings. The lowest BCUT2D eigenvalue weighted by molar-refractivity contribution is 0.0593. The van der Waals surface area contributed by atoms with Crippen LogP contribution in [0.1, 0.15) is 20.7 Å². The molecule has 0 spiro atoms. The Bertz CT molecular complexity index is 1020. The fourth-order valence-corrected chi connectivity index (χ4v) is 2.78. The molecule has 0 saturated heterocycles. The van der Waals surface area contributed by atoms with Crippen molar-refractivity contribution < 1.29 is 28.5 Å². The van der Waals surface area contributed by atoms with Gasteiger partial charge in [0, 0.05) is 5.02 Å². The monoisotopic (exact) mass is 426 g/mol. The molecule has 30 heavy (non-hydrogen) atoms. The SMILES string of the molecule is COC(=O)c1cc(Cl)ccc1OC(=O)c1ccccc1OCCOc1ccccc1. The zero-order valence-corrected chi connectivity index (χ0v) is 16.9. The molecule has 3 rings (SSSR count). The second-order valence-electron chi connectivity index (χ2n) is 6.03. The van der Waals surface area contributed by atoms with Crippen molar-refractivity contribution in [1.29, 1.82) is 0 Å². The summed E-state index contributed by atoms with van der Waals surface area (Å²) < 4.78 is 21.4. The zero-order chi connectivity index (χ0) is 21.3. The van der Waals surface area contributed by atoms with Crippen LogP contribution in [0.25, 0.3) is 0 Å². The number of hydrogen-bond donors (Lipinski definition) is 0. The molecule has 6 nitrogen and oxygen atoms in total. The summed E-state index contributed by atoms with van der Waals surface area (Å²) >= 11 is 5.93. The summed E-state index contributed by atoms with van der Waals surface area (Å²) in [6, 6.07) is 20.3. The quantitative estimate of drug-likeness (QED) is 0.292. The van der Waals surface area contributed by atoms with Gasteiger partial charge in [0.25, 0.3) is 0 Å². The van der Waals surface area contributed by atoms with E-state index in [9.17, 15) is 9.59 Å². The van der Waals surface area contributed by atoms with Crippen LogP contribution in [0.4, 0.5) is 0 Å². The average molecular weight is 427 g/mol. The van der Waals surface area contributed by atoms with Gasteiger partial charge in [0.2, 0.25) is 0 Å². The second-order valence-corrected chi connectivity index (χ2v) is 6.46. The first-order valence-electron chi connectivity index (χ1n) is 9.08. The molecule has 0 unspecified atom stereocenters. The molecule has 7 heteroatoms. The molecule has 0 aliphatic carbocycles. The van der Waals surface area contributed by atoms with E-state index in [0.29, 0.717) is 17.4 Å².